The fourth-order valence-electron chi connectivity index (χ4n) is 2.14. The molecule has 120 valence electrons. The molecule has 2 aromatic heterocycles. The molecule has 2 heterocycles. The van der Waals surface area contributed by atoms with Gasteiger partial charge in [-0.1, -0.05) is 20.8 Å². The minimum atomic E-state index is -0.860. The van der Waals surface area contributed by atoms with Crippen molar-refractivity contribution in [2.24, 2.45) is 5.41 Å². The van der Waals surface area contributed by atoms with E-state index in [0.29, 0.717) is 16.8 Å². The Balaban J connectivity index is 2.81. The zero-order valence-electron chi connectivity index (χ0n) is 12.9. The first-order chi connectivity index (χ1) is 10.2. The highest BCUT2D eigenvalue weighted by atomic mass is 79.9. The van der Waals surface area contributed by atoms with Crippen LogP contribution in [0.4, 0.5) is 0 Å². The van der Waals surface area contributed by atoms with Gasteiger partial charge in [-0.2, -0.15) is 9.61 Å². The summed E-state index contributed by atoms with van der Waals surface area (Å²) in [6.45, 7) is 8.01. The molecule has 0 aliphatic rings. The third kappa shape index (κ3) is 3.01. The zero-order chi connectivity index (χ0) is 16.7. The van der Waals surface area contributed by atoms with E-state index in [4.69, 9.17) is 4.74 Å². The molecule has 2 rings (SSSR count). The first kappa shape index (κ1) is 16.5. The molecular weight excluding hydrogens is 354 g/mol. The molecule has 0 radical (unpaired) electrons. The van der Waals surface area contributed by atoms with Crippen LogP contribution in [-0.2, 0) is 11.3 Å². The largest absolute Gasteiger partial charge is 0.492 e. The molecule has 8 heteroatoms. The van der Waals surface area contributed by atoms with Crippen LogP contribution in [-0.4, -0.2) is 31.9 Å². The average molecular weight is 372 g/mol. The van der Waals surface area contributed by atoms with Crippen molar-refractivity contribution < 1.29 is 14.6 Å². The van der Waals surface area contributed by atoms with E-state index in [2.05, 4.69) is 21.0 Å². The van der Waals surface area contributed by atoms with Crippen LogP contribution < -0.4 is 5.56 Å². The summed E-state index contributed by atoms with van der Waals surface area (Å²) in [5, 5.41) is 14.3. The summed E-state index contributed by atoms with van der Waals surface area (Å²) >= 11 is 3.21. The topological polar surface area (TPSA) is 85.8 Å². The third-order valence-electron chi connectivity index (χ3n) is 2.93. The molecule has 22 heavy (non-hydrogen) atoms. The van der Waals surface area contributed by atoms with E-state index in [1.807, 2.05) is 20.8 Å². The highest BCUT2D eigenvalue weighted by Crippen LogP contribution is 2.23. The number of rotatable bonds is 3. The van der Waals surface area contributed by atoms with Crippen LogP contribution in [0.25, 0.3) is 5.65 Å². The normalized spacial score (nSPS) is 11.9. The smallest absolute Gasteiger partial charge is 0.349 e. The Labute approximate surface area is 135 Å². The molecule has 0 atom stereocenters. The summed E-state index contributed by atoms with van der Waals surface area (Å²) in [7, 11) is 0. The van der Waals surface area contributed by atoms with Gasteiger partial charge in [-0.05, 0) is 28.3 Å². The molecule has 0 unspecified atom stereocenters. The molecule has 0 saturated carbocycles. The third-order valence-corrected chi connectivity index (χ3v) is 3.32. The van der Waals surface area contributed by atoms with E-state index in [1.54, 1.807) is 13.0 Å². The van der Waals surface area contributed by atoms with Gasteiger partial charge in [0.15, 0.2) is 5.56 Å². The molecular formula is C14H18BrN3O4. The molecule has 0 aliphatic heterocycles. The lowest BCUT2D eigenvalue weighted by molar-refractivity contribution is 0.0518. The summed E-state index contributed by atoms with van der Waals surface area (Å²) in [5.74, 6) is -1.38. The van der Waals surface area contributed by atoms with Crippen LogP contribution in [0.15, 0.2) is 15.5 Å². The second-order valence-corrected chi connectivity index (χ2v) is 6.92. The molecule has 0 aromatic carbocycles. The quantitative estimate of drug-likeness (QED) is 0.835. The Kier molecular flexibility index (Phi) is 4.32. The second kappa shape index (κ2) is 5.75. The summed E-state index contributed by atoms with van der Waals surface area (Å²) in [5.41, 5.74) is -0.804. The number of esters is 1. The predicted molar refractivity (Wildman–Crippen MR) is 84.2 cm³/mol. The maximum Gasteiger partial charge on any atom is 0.349 e. The highest BCUT2D eigenvalue weighted by molar-refractivity contribution is 9.10. The van der Waals surface area contributed by atoms with Gasteiger partial charge in [0.25, 0.3) is 5.56 Å². The van der Waals surface area contributed by atoms with Gasteiger partial charge < -0.3 is 9.84 Å². The Morgan fingerprint density at radius 3 is 2.64 bits per heavy atom. The number of halogens is 1. The number of ether oxygens (including phenoxy) is 1. The first-order valence-electron chi connectivity index (χ1n) is 6.84. The fraction of sp³-hybridized carbons (Fsp3) is 0.500. The van der Waals surface area contributed by atoms with Crippen molar-refractivity contribution in [1.29, 1.82) is 0 Å². The van der Waals surface area contributed by atoms with Crippen LogP contribution in [0.3, 0.4) is 0 Å². The summed E-state index contributed by atoms with van der Waals surface area (Å²) in [6, 6.07) is 1.61. The molecule has 0 spiro atoms. The van der Waals surface area contributed by atoms with E-state index in [9.17, 15) is 14.7 Å². The second-order valence-electron chi connectivity index (χ2n) is 6.11. The van der Waals surface area contributed by atoms with Crippen LogP contribution in [0.2, 0.25) is 0 Å². The van der Waals surface area contributed by atoms with Gasteiger partial charge in [0.05, 0.1) is 6.61 Å². The predicted octanol–water partition coefficient (Wildman–Crippen LogP) is 2.19. The summed E-state index contributed by atoms with van der Waals surface area (Å²) < 4.78 is 7.89. The first-order valence-corrected chi connectivity index (χ1v) is 7.63. The van der Waals surface area contributed by atoms with Crippen LogP contribution in [0, 0.1) is 5.41 Å². The van der Waals surface area contributed by atoms with E-state index in [-0.39, 0.29) is 12.0 Å². The van der Waals surface area contributed by atoms with Crippen molar-refractivity contribution in [3.63, 3.8) is 0 Å². The standard InChI is InChI=1S/C14H18BrN3O4/c1-5-22-13(21)10-11(19)17(7-14(2,3)4)9-6-8(15)16-18(9)12(10)20/h6,20H,5,7H2,1-4H3. The average Bonchev–Trinajstić information content (AvgIpc) is 2.76. The summed E-state index contributed by atoms with van der Waals surface area (Å²) in [6.07, 6.45) is 0. The zero-order valence-corrected chi connectivity index (χ0v) is 14.5. The van der Waals surface area contributed by atoms with Gasteiger partial charge in [0.1, 0.15) is 10.3 Å². The number of hydrogen-bond donors (Lipinski definition) is 1. The monoisotopic (exact) mass is 371 g/mol. The number of aromatic nitrogens is 3. The number of aromatic hydroxyl groups is 1. The minimum Gasteiger partial charge on any atom is -0.492 e. The molecule has 0 amide bonds. The lowest BCUT2D eigenvalue weighted by Gasteiger charge is -2.21. The van der Waals surface area contributed by atoms with Gasteiger partial charge in [-0.3, -0.25) is 9.36 Å². The molecule has 0 fully saturated rings. The van der Waals surface area contributed by atoms with Crippen molar-refractivity contribution in [3.8, 4) is 5.88 Å². The van der Waals surface area contributed by atoms with Gasteiger partial charge in [0.2, 0.25) is 5.88 Å². The van der Waals surface area contributed by atoms with Crippen molar-refractivity contribution in [2.75, 3.05) is 6.61 Å². The number of carbonyl (C=O) groups excluding carboxylic acids is 1. The SMILES string of the molecule is CCOC(=O)c1c(O)n2nc(Br)cc2n(CC(C)(C)C)c1=O. The van der Waals surface area contributed by atoms with E-state index < -0.39 is 23.0 Å². The van der Waals surface area contributed by atoms with Crippen molar-refractivity contribution in [2.45, 2.75) is 34.2 Å². The van der Waals surface area contributed by atoms with Crippen LogP contribution in [0.1, 0.15) is 38.1 Å². The number of fused-ring (bicyclic) bond motifs is 1. The molecule has 2 aromatic rings. The maximum absolute atomic E-state index is 12.7. The lowest BCUT2D eigenvalue weighted by atomic mass is 9.97. The van der Waals surface area contributed by atoms with Crippen LogP contribution >= 0.6 is 15.9 Å². The van der Waals surface area contributed by atoms with Crippen molar-refractivity contribution >= 4 is 27.5 Å². The Morgan fingerprint density at radius 2 is 2.09 bits per heavy atom. The summed E-state index contributed by atoms with van der Waals surface area (Å²) in [4.78, 5) is 24.7. The van der Waals surface area contributed by atoms with Gasteiger partial charge in [-0.25, -0.2) is 4.79 Å². The van der Waals surface area contributed by atoms with Gasteiger partial charge in [0, 0.05) is 12.6 Å². The minimum absolute atomic E-state index is 0.109. The van der Waals surface area contributed by atoms with Gasteiger partial charge >= 0.3 is 5.97 Å². The lowest BCUT2D eigenvalue weighted by Crippen LogP contribution is -2.33. The number of carbonyl (C=O) groups is 1. The van der Waals surface area contributed by atoms with E-state index in [1.165, 1.54) is 4.57 Å². The Bertz CT molecular complexity index is 786. The number of hydrogen-bond acceptors (Lipinski definition) is 5. The van der Waals surface area contributed by atoms with Crippen LogP contribution in [0.5, 0.6) is 5.88 Å². The van der Waals surface area contributed by atoms with Crippen molar-refractivity contribution in [1.82, 2.24) is 14.2 Å². The highest BCUT2D eigenvalue weighted by Gasteiger charge is 2.26. The molecule has 0 saturated heterocycles. The molecule has 1 N–H and O–H groups in total. The molecule has 0 bridgehead atoms. The van der Waals surface area contributed by atoms with E-state index >= 15 is 0 Å². The number of nitrogens with zero attached hydrogens (tertiary/aromatic N) is 3. The molecule has 0 aliphatic carbocycles. The van der Waals surface area contributed by atoms with E-state index in [0.717, 1.165) is 4.52 Å². The Hall–Kier alpha value is -1.83. The van der Waals surface area contributed by atoms with Crippen molar-refractivity contribution in [3.05, 3.63) is 26.6 Å². The fourth-order valence-corrected chi connectivity index (χ4v) is 2.50. The maximum atomic E-state index is 12.7. The van der Waals surface area contributed by atoms with Gasteiger partial charge in [-0.15, -0.1) is 0 Å². The molecule has 7 nitrogen and oxygen atoms in total. The Morgan fingerprint density at radius 1 is 1.45 bits per heavy atom.